The molecule has 1 aromatic carbocycles. The number of benzene rings is 1. The van der Waals surface area contributed by atoms with Crippen molar-refractivity contribution in [1.29, 1.82) is 0 Å². The highest BCUT2D eigenvalue weighted by Crippen LogP contribution is 2.37. The summed E-state index contributed by atoms with van der Waals surface area (Å²) in [6.45, 7) is 2.84. The van der Waals surface area contributed by atoms with Crippen molar-refractivity contribution in [2.24, 2.45) is 5.73 Å². The average molecular weight is 331 g/mol. The summed E-state index contributed by atoms with van der Waals surface area (Å²) >= 11 is 5.62. The highest BCUT2D eigenvalue weighted by atomic mass is 35.5. The Balaban J connectivity index is 3.32. The molecule has 0 saturated carbocycles. The lowest BCUT2D eigenvalue weighted by Gasteiger charge is -2.20. The second kappa shape index (κ2) is 5.51. The minimum Gasteiger partial charge on any atom is -0.324 e. The van der Waals surface area contributed by atoms with E-state index in [-0.39, 0.29) is 6.54 Å². The quantitative estimate of drug-likeness (QED) is 0.890. The van der Waals surface area contributed by atoms with E-state index in [1.54, 1.807) is 0 Å². The molecule has 0 heterocycles. The Bertz CT molecular complexity index is 595. The number of hydrogen-bond acceptors (Lipinski definition) is 3. The molecule has 0 radical (unpaired) electrons. The molecule has 4 nitrogen and oxygen atoms in total. The van der Waals surface area contributed by atoms with Crippen molar-refractivity contribution < 1.29 is 21.6 Å². The van der Waals surface area contributed by atoms with Crippen molar-refractivity contribution in [2.75, 3.05) is 6.54 Å². The molecule has 0 aliphatic carbocycles. The Morgan fingerprint density at radius 1 is 1.30 bits per heavy atom. The van der Waals surface area contributed by atoms with Crippen LogP contribution in [0.15, 0.2) is 23.1 Å². The van der Waals surface area contributed by atoms with Gasteiger partial charge in [0.15, 0.2) is 0 Å². The predicted molar refractivity (Wildman–Crippen MR) is 69.9 cm³/mol. The van der Waals surface area contributed by atoms with Crippen molar-refractivity contribution >= 4 is 21.6 Å². The Morgan fingerprint density at radius 2 is 1.85 bits per heavy atom. The van der Waals surface area contributed by atoms with E-state index in [9.17, 15) is 21.6 Å². The first-order valence-electron chi connectivity index (χ1n) is 5.49. The van der Waals surface area contributed by atoms with Crippen LogP contribution in [0.5, 0.6) is 0 Å². The lowest BCUT2D eigenvalue weighted by Crippen LogP contribution is -2.45. The average Bonchev–Trinajstić information content (AvgIpc) is 2.24. The van der Waals surface area contributed by atoms with Gasteiger partial charge in [-0.15, -0.1) is 0 Å². The van der Waals surface area contributed by atoms with Gasteiger partial charge in [0.25, 0.3) is 0 Å². The SMILES string of the molecule is CC(C)(N)CNS(=O)(=O)c1c(Cl)cccc1C(F)(F)F. The summed E-state index contributed by atoms with van der Waals surface area (Å²) in [7, 11) is -4.42. The summed E-state index contributed by atoms with van der Waals surface area (Å²) in [4.78, 5) is -0.988. The third-order valence-electron chi connectivity index (χ3n) is 2.26. The lowest BCUT2D eigenvalue weighted by atomic mass is 10.1. The molecule has 0 atom stereocenters. The van der Waals surface area contributed by atoms with Crippen LogP contribution in [0.25, 0.3) is 0 Å². The first-order chi connectivity index (χ1) is 8.84. The molecular formula is C11H14ClF3N2O2S. The number of rotatable bonds is 4. The summed E-state index contributed by atoms with van der Waals surface area (Å²) in [6.07, 6.45) is -4.83. The lowest BCUT2D eigenvalue weighted by molar-refractivity contribution is -0.139. The van der Waals surface area contributed by atoms with Crippen molar-refractivity contribution in [2.45, 2.75) is 30.5 Å². The van der Waals surface area contributed by atoms with E-state index in [0.29, 0.717) is 6.07 Å². The largest absolute Gasteiger partial charge is 0.417 e. The van der Waals surface area contributed by atoms with Gasteiger partial charge in [-0.1, -0.05) is 17.7 Å². The Kier molecular flexibility index (Phi) is 4.75. The molecule has 0 amide bonds. The van der Waals surface area contributed by atoms with Crippen LogP contribution in [0.3, 0.4) is 0 Å². The van der Waals surface area contributed by atoms with E-state index in [1.165, 1.54) is 13.8 Å². The second-order valence-corrected chi connectivity index (χ2v) is 7.04. The van der Waals surface area contributed by atoms with Crippen LogP contribution in [0.2, 0.25) is 5.02 Å². The van der Waals surface area contributed by atoms with Gasteiger partial charge in [0.1, 0.15) is 4.90 Å². The standard InChI is InChI=1S/C11H14ClF3N2O2S/c1-10(2,16)6-17-20(18,19)9-7(11(13,14)15)4-3-5-8(9)12/h3-5,17H,6,16H2,1-2H3. The minimum absolute atomic E-state index is 0.224. The fourth-order valence-corrected chi connectivity index (χ4v) is 3.34. The molecule has 0 bridgehead atoms. The van der Waals surface area contributed by atoms with Gasteiger partial charge in [0.2, 0.25) is 10.0 Å². The van der Waals surface area contributed by atoms with Crippen molar-refractivity contribution in [1.82, 2.24) is 4.72 Å². The Labute approximate surface area is 120 Å². The number of hydrogen-bond donors (Lipinski definition) is 2. The number of halogens is 4. The van der Waals surface area contributed by atoms with Gasteiger partial charge in [0, 0.05) is 12.1 Å². The highest BCUT2D eigenvalue weighted by molar-refractivity contribution is 7.89. The maximum Gasteiger partial charge on any atom is 0.417 e. The van der Waals surface area contributed by atoms with Gasteiger partial charge >= 0.3 is 6.18 Å². The monoisotopic (exact) mass is 330 g/mol. The van der Waals surface area contributed by atoms with Crippen molar-refractivity contribution in [3.63, 3.8) is 0 Å². The van der Waals surface area contributed by atoms with Crippen molar-refractivity contribution in [3.05, 3.63) is 28.8 Å². The van der Waals surface area contributed by atoms with Gasteiger partial charge in [-0.05, 0) is 26.0 Å². The van der Waals surface area contributed by atoms with E-state index in [1.807, 2.05) is 4.72 Å². The summed E-state index contributed by atoms with van der Waals surface area (Å²) < 4.78 is 64.6. The van der Waals surface area contributed by atoms with Crippen LogP contribution < -0.4 is 10.5 Å². The van der Waals surface area contributed by atoms with Gasteiger partial charge in [-0.2, -0.15) is 13.2 Å². The third-order valence-corrected chi connectivity index (χ3v) is 4.19. The topological polar surface area (TPSA) is 72.2 Å². The molecule has 1 rings (SSSR count). The predicted octanol–water partition coefficient (Wildman–Crippen LogP) is 2.37. The zero-order chi connectivity index (χ0) is 15.8. The number of alkyl halides is 3. The normalized spacial score (nSPS) is 13.6. The molecule has 0 aliphatic heterocycles. The zero-order valence-corrected chi connectivity index (χ0v) is 12.3. The second-order valence-electron chi connectivity index (χ2n) is 4.93. The zero-order valence-electron chi connectivity index (χ0n) is 10.8. The summed E-state index contributed by atoms with van der Waals surface area (Å²) in [5, 5.41) is -0.498. The van der Waals surface area contributed by atoms with E-state index in [0.717, 1.165) is 12.1 Å². The first kappa shape index (κ1) is 17.2. The first-order valence-corrected chi connectivity index (χ1v) is 7.35. The van der Waals surface area contributed by atoms with Gasteiger partial charge in [0.05, 0.1) is 10.6 Å². The van der Waals surface area contributed by atoms with Crippen LogP contribution in [-0.4, -0.2) is 20.5 Å². The molecule has 0 aliphatic rings. The molecule has 20 heavy (non-hydrogen) atoms. The molecule has 0 unspecified atom stereocenters. The molecule has 114 valence electrons. The van der Waals surface area contributed by atoms with Gasteiger partial charge in [-0.25, -0.2) is 13.1 Å². The number of nitrogens with two attached hydrogens (primary N) is 1. The molecule has 1 aromatic rings. The fourth-order valence-electron chi connectivity index (χ4n) is 1.36. The molecule has 0 fully saturated rings. The summed E-state index contributed by atoms with van der Waals surface area (Å²) in [5.74, 6) is 0. The van der Waals surface area contributed by atoms with E-state index >= 15 is 0 Å². The molecule has 9 heteroatoms. The smallest absolute Gasteiger partial charge is 0.324 e. The van der Waals surface area contributed by atoms with Gasteiger partial charge < -0.3 is 5.73 Å². The molecule has 3 N–H and O–H groups in total. The highest BCUT2D eigenvalue weighted by Gasteiger charge is 2.38. The minimum atomic E-state index is -4.83. The third kappa shape index (κ3) is 4.34. The maximum absolute atomic E-state index is 12.9. The van der Waals surface area contributed by atoms with E-state index in [2.05, 4.69) is 0 Å². The fraction of sp³-hybridized carbons (Fsp3) is 0.455. The van der Waals surface area contributed by atoms with Crippen LogP contribution >= 0.6 is 11.6 Å². The maximum atomic E-state index is 12.9. The van der Waals surface area contributed by atoms with E-state index < -0.39 is 37.2 Å². The van der Waals surface area contributed by atoms with Crippen LogP contribution in [0.4, 0.5) is 13.2 Å². The Hall–Kier alpha value is -0.830. The van der Waals surface area contributed by atoms with Crippen LogP contribution in [0.1, 0.15) is 19.4 Å². The molecule has 0 spiro atoms. The molecule has 0 aromatic heterocycles. The van der Waals surface area contributed by atoms with Gasteiger partial charge in [-0.3, -0.25) is 0 Å². The molecular weight excluding hydrogens is 317 g/mol. The van der Waals surface area contributed by atoms with Crippen LogP contribution in [0, 0.1) is 0 Å². The number of nitrogens with one attached hydrogen (secondary N) is 1. The summed E-state index contributed by atoms with van der Waals surface area (Å²) in [6, 6.07) is 2.78. The van der Waals surface area contributed by atoms with Crippen molar-refractivity contribution in [3.8, 4) is 0 Å². The Morgan fingerprint density at radius 3 is 2.30 bits per heavy atom. The molecule has 0 saturated heterocycles. The number of sulfonamides is 1. The van der Waals surface area contributed by atoms with E-state index in [4.69, 9.17) is 17.3 Å². The summed E-state index contributed by atoms with van der Waals surface area (Å²) in [5.41, 5.74) is 3.38. The van der Waals surface area contributed by atoms with Crippen LogP contribution in [-0.2, 0) is 16.2 Å².